The molecule has 2 rings (SSSR count). The number of rotatable bonds is 7. The molecule has 2 aromatic rings. The molecule has 0 N–H and O–H groups in total. The third-order valence-electron chi connectivity index (χ3n) is 4.64. The van der Waals surface area contributed by atoms with Crippen LogP contribution in [-0.4, -0.2) is 18.1 Å². The predicted molar refractivity (Wildman–Crippen MR) is 107 cm³/mol. The lowest BCUT2D eigenvalue weighted by molar-refractivity contribution is 0.450. The Kier molecular flexibility index (Phi) is 6.46. The summed E-state index contributed by atoms with van der Waals surface area (Å²) in [5, 5.41) is 0. The molecule has 1 heterocycles. The Morgan fingerprint density at radius 1 is 0.960 bits per heavy atom. The summed E-state index contributed by atoms with van der Waals surface area (Å²) in [6.45, 7) is 17.0. The molecule has 0 atom stereocenters. The number of benzene rings is 1. The van der Waals surface area contributed by atoms with E-state index in [0.29, 0.717) is 0 Å². The molecule has 1 aromatic heterocycles. The number of aryl methyl sites for hydroxylation is 4. The van der Waals surface area contributed by atoms with Crippen LogP contribution in [0.3, 0.4) is 0 Å². The lowest BCUT2D eigenvalue weighted by Gasteiger charge is -2.26. The van der Waals surface area contributed by atoms with Gasteiger partial charge >= 0.3 is 0 Å². The van der Waals surface area contributed by atoms with Crippen molar-refractivity contribution in [3.8, 4) is 11.6 Å². The Hall–Kier alpha value is -2.03. The third-order valence-corrected chi connectivity index (χ3v) is 4.64. The van der Waals surface area contributed by atoms with Gasteiger partial charge in [-0.1, -0.05) is 31.0 Å². The molecular formula is C22H32N2O. The summed E-state index contributed by atoms with van der Waals surface area (Å²) < 4.78 is 6.31. The highest BCUT2D eigenvalue weighted by Crippen LogP contribution is 2.34. The molecule has 136 valence electrons. The van der Waals surface area contributed by atoms with Crippen molar-refractivity contribution in [3.63, 3.8) is 0 Å². The summed E-state index contributed by atoms with van der Waals surface area (Å²) >= 11 is 0. The van der Waals surface area contributed by atoms with Gasteiger partial charge in [-0.3, -0.25) is 0 Å². The topological polar surface area (TPSA) is 25.4 Å². The fraction of sp³-hybridized carbons (Fsp3) is 0.500. The minimum atomic E-state index is 0.722. The largest absolute Gasteiger partial charge is 0.438 e. The van der Waals surface area contributed by atoms with Gasteiger partial charge in [0.2, 0.25) is 5.88 Å². The van der Waals surface area contributed by atoms with Gasteiger partial charge < -0.3 is 9.64 Å². The first-order valence-corrected chi connectivity index (χ1v) is 9.36. The molecule has 0 spiro atoms. The predicted octanol–water partition coefficient (Wildman–Crippen LogP) is 6.04. The van der Waals surface area contributed by atoms with E-state index >= 15 is 0 Å². The standard InChI is InChI=1S/C22H32N2O/c1-8-10-11-24(9-2)20-14-18(6)23-22(19(20)7)25-21-16(4)12-15(3)13-17(21)5/h12-14H,8-11H2,1-7H3. The normalized spacial score (nSPS) is 10.8. The average molecular weight is 341 g/mol. The van der Waals surface area contributed by atoms with Crippen molar-refractivity contribution in [1.29, 1.82) is 0 Å². The SMILES string of the molecule is CCCCN(CC)c1cc(C)nc(Oc2c(C)cc(C)cc2C)c1C. The number of hydrogen-bond acceptors (Lipinski definition) is 3. The lowest BCUT2D eigenvalue weighted by atomic mass is 10.1. The second kappa shape index (κ2) is 8.37. The summed E-state index contributed by atoms with van der Waals surface area (Å²) in [4.78, 5) is 7.11. The Bertz CT molecular complexity index is 714. The van der Waals surface area contributed by atoms with E-state index in [4.69, 9.17) is 4.74 Å². The van der Waals surface area contributed by atoms with E-state index in [1.807, 2.05) is 6.92 Å². The second-order valence-corrected chi connectivity index (χ2v) is 6.98. The molecule has 25 heavy (non-hydrogen) atoms. The Labute approximate surface area is 153 Å². The Morgan fingerprint density at radius 2 is 1.60 bits per heavy atom. The van der Waals surface area contributed by atoms with Crippen LogP contribution in [-0.2, 0) is 0 Å². The van der Waals surface area contributed by atoms with E-state index in [-0.39, 0.29) is 0 Å². The molecule has 3 heteroatoms. The molecule has 0 saturated carbocycles. The summed E-state index contributed by atoms with van der Waals surface area (Å²) in [6.07, 6.45) is 2.39. The zero-order valence-electron chi connectivity index (χ0n) is 16.9. The number of unbranched alkanes of at least 4 members (excludes halogenated alkanes) is 1. The van der Waals surface area contributed by atoms with E-state index in [1.54, 1.807) is 0 Å². The van der Waals surface area contributed by atoms with Crippen LogP contribution in [0.2, 0.25) is 0 Å². The summed E-state index contributed by atoms with van der Waals surface area (Å²) in [6, 6.07) is 6.50. The van der Waals surface area contributed by atoms with Gasteiger partial charge in [0, 0.05) is 30.0 Å². The highest BCUT2D eigenvalue weighted by Gasteiger charge is 2.16. The van der Waals surface area contributed by atoms with Crippen molar-refractivity contribution < 1.29 is 4.74 Å². The lowest BCUT2D eigenvalue weighted by Crippen LogP contribution is -2.25. The molecule has 0 unspecified atom stereocenters. The van der Waals surface area contributed by atoms with Crippen LogP contribution in [0.1, 0.15) is 54.6 Å². The summed E-state index contributed by atoms with van der Waals surface area (Å²) in [7, 11) is 0. The van der Waals surface area contributed by atoms with Gasteiger partial charge in [-0.15, -0.1) is 0 Å². The van der Waals surface area contributed by atoms with Crippen LogP contribution < -0.4 is 9.64 Å². The van der Waals surface area contributed by atoms with Gasteiger partial charge in [-0.25, -0.2) is 4.98 Å². The number of ether oxygens (including phenoxy) is 1. The Morgan fingerprint density at radius 3 is 2.16 bits per heavy atom. The average Bonchev–Trinajstić information content (AvgIpc) is 2.55. The Balaban J connectivity index is 2.43. The van der Waals surface area contributed by atoms with Crippen LogP contribution >= 0.6 is 0 Å². The first-order chi connectivity index (χ1) is 11.9. The number of pyridine rings is 1. The smallest absolute Gasteiger partial charge is 0.224 e. The van der Waals surface area contributed by atoms with E-state index in [9.17, 15) is 0 Å². The number of anilines is 1. The molecule has 0 aliphatic carbocycles. The first kappa shape index (κ1) is 19.3. The maximum Gasteiger partial charge on any atom is 0.224 e. The maximum absolute atomic E-state index is 6.31. The van der Waals surface area contributed by atoms with Gasteiger partial charge in [-0.2, -0.15) is 0 Å². The number of nitrogens with zero attached hydrogens (tertiary/aromatic N) is 2. The van der Waals surface area contributed by atoms with E-state index in [2.05, 4.69) is 69.6 Å². The zero-order chi connectivity index (χ0) is 18.6. The third kappa shape index (κ3) is 4.53. The van der Waals surface area contributed by atoms with Crippen molar-refractivity contribution in [3.05, 3.63) is 46.1 Å². The van der Waals surface area contributed by atoms with Crippen molar-refractivity contribution >= 4 is 5.69 Å². The van der Waals surface area contributed by atoms with Crippen LogP contribution in [0.5, 0.6) is 11.6 Å². The molecular weight excluding hydrogens is 308 g/mol. The van der Waals surface area contributed by atoms with Gasteiger partial charge in [0.25, 0.3) is 0 Å². The van der Waals surface area contributed by atoms with E-state index in [1.165, 1.54) is 24.1 Å². The zero-order valence-corrected chi connectivity index (χ0v) is 16.9. The molecule has 3 nitrogen and oxygen atoms in total. The fourth-order valence-corrected chi connectivity index (χ4v) is 3.34. The van der Waals surface area contributed by atoms with Crippen molar-refractivity contribution in [1.82, 2.24) is 4.98 Å². The van der Waals surface area contributed by atoms with Gasteiger partial charge in [0.05, 0.1) is 0 Å². The molecule has 0 amide bonds. The minimum absolute atomic E-state index is 0.722. The van der Waals surface area contributed by atoms with Crippen LogP contribution in [0.15, 0.2) is 18.2 Å². The molecule has 0 aliphatic heterocycles. The van der Waals surface area contributed by atoms with Gasteiger partial charge in [0.1, 0.15) is 5.75 Å². The molecule has 1 aromatic carbocycles. The van der Waals surface area contributed by atoms with E-state index < -0.39 is 0 Å². The quantitative estimate of drug-likeness (QED) is 0.614. The van der Waals surface area contributed by atoms with Crippen molar-refractivity contribution in [2.75, 3.05) is 18.0 Å². The highest BCUT2D eigenvalue weighted by molar-refractivity contribution is 5.58. The number of aromatic nitrogens is 1. The fourth-order valence-electron chi connectivity index (χ4n) is 3.34. The minimum Gasteiger partial charge on any atom is -0.438 e. The molecule has 0 saturated heterocycles. The monoisotopic (exact) mass is 340 g/mol. The molecule has 0 aliphatic rings. The number of hydrogen-bond donors (Lipinski definition) is 0. The maximum atomic E-state index is 6.31. The van der Waals surface area contributed by atoms with Gasteiger partial charge in [0.15, 0.2) is 0 Å². The summed E-state index contributed by atoms with van der Waals surface area (Å²) in [5.74, 6) is 1.65. The van der Waals surface area contributed by atoms with Crippen LogP contribution in [0, 0.1) is 34.6 Å². The van der Waals surface area contributed by atoms with E-state index in [0.717, 1.165) is 47.1 Å². The van der Waals surface area contributed by atoms with Gasteiger partial charge in [-0.05, 0) is 65.2 Å². The van der Waals surface area contributed by atoms with Crippen molar-refractivity contribution in [2.24, 2.45) is 0 Å². The summed E-state index contributed by atoms with van der Waals surface area (Å²) in [5.41, 5.74) is 6.91. The molecule has 0 radical (unpaired) electrons. The molecule has 0 fully saturated rings. The second-order valence-electron chi connectivity index (χ2n) is 6.98. The highest BCUT2D eigenvalue weighted by atomic mass is 16.5. The first-order valence-electron chi connectivity index (χ1n) is 9.36. The van der Waals surface area contributed by atoms with Crippen molar-refractivity contribution in [2.45, 2.75) is 61.3 Å². The van der Waals surface area contributed by atoms with Crippen LogP contribution in [0.25, 0.3) is 0 Å². The van der Waals surface area contributed by atoms with Crippen LogP contribution in [0.4, 0.5) is 5.69 Å². The molecule has 0 bridgehead atoms.